The van der Waals surface area contributed by atoms with E-state index in [9.17, 15) is 0 Å². The van der Waals surface area contributed by atoms with Crippen LogP contribution in [0.25, 0.3) is 0 Å². The molecule has 1 aromatic carbocycles. The van der Waals surface area contributed by atoms with Crippen molar-refractivity contribution in [3.63, 3.8) is 0 Å². The van der Waals surface area contributed by atoms with E-state index in [2.05, 4.69) is 33.1 Å². The smallest absolute Gasteiger partial charge is 0.194 e. The second kappa shape index (κ2) is 12.4. The predicted molar refractivity (Wildman–Crippen MR) is 134 cm³/mol. The number of nitrogens with one attached hydrogen (secondary N) is 1. The number of benzene rings is 1. The van der Waals surface area contributed by atoms with Crippen LogP contribution >= 0.6 is 24.0 Å². The van der Waals surface area contributed by atoms with Gasteiger partial charge in [-0.15, -0.1) is 24.0 Å². The number of methoxy groups -OCH3 is 3. The first-order valence-corrected chi connectivity index (χ1v) is 10.2. The van der Waals surface area contributed by atoms with Gasteiger partial charge in [0.2, 0.25) is 0 Å². The van der Waals surface area contributed by atoms with Crippen LogP contribution in [0, 0.1) is 0 Å². The summed E-state index contributed by atoms with van der Waals surface area (Å²) in [7, 11) is 4.89. The summed E-state index contributed by atoms with van der Waals surface area (Å²) in [6.45, 7) is 6.94. The second-order valence-corrected chi connectivity index (χ2v) is 6.85. The molecule has 3 rings (SSSR count). The summed E-state index contributed by atoms with van der Waals surface area (Å²) in [6.07, 6.45) is 1.84. The van der Waals surface area contributed by atoms with Gasteiger partial charge in [0, 0.05) is 50.6 Å². The molecule has 1 saturated heterocycles. The van der Waals surface area contributed by atoms with Crippen LogP contribution in [0.2, 0.25) is 0 Å². The van der Waals surface area contributed by atoms with Gasteiger partial charge in [-0.3, -0.25) is 0 Å². The van der Waals surface area contributed by atoms with Crippen LogP contribution in [0.5, 0.6) is 17.2 Å². The second-order valence-electron chi connectivity index (χ2n) is 6.85. The minimum absolute atomic E-state index is 0. The van der Waals surface area contributed by atoms with Gasteiger partial charge in [0.15, 0.2) is 17.5 Å². The number of hydrogen-bond acceptors (Lipinski definition) is 6. The molecular formula is C22H32IN5O3. The van der Waals surface area contributed by atoms with Crippen LogP contribution in [0.4, 0.5) is 5.82 Å². The van der Waals surface area contributed by atoms with Crippen molar-refractivity contribution in [1.29, 1.82) is 0 Å². The number of anilines is 1. The van der Waals surface area contributed by atoms with Crippen LogP contribution in [0.15, 0.2) is 41.5 Å². The molecule has 2 heterocycles. The molecule has 0 atom stereocenters. The van der Waals surface area contributed by atoms with Crippen molar-refractivity contribution in [2.75, 3.05) is 59.0 Å². The Hall–Kier alpha value is -2.43. The summed E-state index contributed by atoms with van der Waals surface area (Å²) in [4.78, 5) is 13.9. The van der Waals surface area contributed by atoms with Gasteiger partial charge >= 0.3 is 0 Å². The van der Waals surface area contributed by atoms with E-state index in [0.29, 0.717) is 18.0 Å². The Kier molecular flexibility index (Phi) is 9.96. The molecule has 2 aromatic rings. The van der Waals surface area contributed by atoms with Crippen LogP contribution in [-0.2, 0) is 6.54 Å². The summed E-state index contributed by atoms with van der Waals surface area (Å²) < 4.78 is 16.3. The Morgan fingerprint density at radius 3 is 2.26 bits per heavy atom. The number of aromatic nitrogens is 1. The zero-order chi connectivity index (χ0) is 21.3. The average Bonchev–Trinajstić information content (AvgIpc) is 2.81. The maximum absolute atomic E-state index is 5.54. The van der Waals surface area contributed by atoms with Crippen LogP contribution < -0.4 is 24.4 Å². The van der Waals surface area contributed by atoms with Crippen molar-refractivity contribution >= 4 is 35.8 Å². The number of piperazine rings is 1. The van der Waals surface area contributed by atoms with Crippen LogP contribution in [0.1, 0.15) is 12.5 Å². The molecule has 9 heteroatoms. The normalized spacial score (nSPS) is 14.0. The van der Waals surface area contributed by atoms with Gasteiger partial charge in [0.05, 0.1) is 27.9 Å². The average molecular weight is 541 g/mol. The quantitative estimate of drug-likeness (QED) is 0.329. The van der Waals surface area contributed by atoms with Gasteiger partial charge in [-0.25, -0.2) is 9.98 Å². The fourth-order valence-electron chi connectivity index (χ4n) is 3.49. The predicted octanol–water partition coefficient (Wildman–Crippen LogP) is 3.01. The first kappa shape index (κ1) is 24.8. The molecule has 8 nitrogen and oxygen atoms in total. The third kappa shape index (κ3) is 6.28. The Morgan fingerprint density at radius 1 is 1.00 bits per heavy atom. The molecule has 1 fully saturated rings. The van der Waals surface area contributed by atoms with Gasteiger partial charge in [0.25, 0.3) is 0 Å². The summed E-state index contributed by atoms with van der Waals surface area (Å²) >= 11 is 0. The minimum Gasteiger partial charge on any atom is -0.496 e. The maximum Gasteiger partial charge on any atom is 0.194 e. The zero-order valence-corrected chi connectivity index (χ0v) is 21.0. The molecule has 1 aliphatic heterocycles. The standard InChI is InChI=1S/C22H31N5O3.HI/c1-5-23-22(27-12-10-26(11-13-27)21-8-6-7-9-24-21)25-16-17-14-19(29-3)20(30-4)15-18(17)28-2;/h6-9,14-15H,5,10-13,16H2,1-4H3,(H,23,25);1H. The van der Waals surface area contributed by atoms with Crippen molar-refractivity contribution in [2.45, 2.75) is 13.5 Å². The van der Waals surface area contributed by atoms with Gasteiger partial charge in [0.1, 0.15) is 11.6 Å². The topological polar surface area (TPSA) is 71.5 Å². The number of hydrogen-bond donors (Lipinski definition) is 1. The fourth-order valence-corrected chi connectivity index (χ4v) is 3.49. The highest BCUT2D eigenvalue weighted by Crippen LogP contribution is 2.35. The van der Waals surface area contributed by atoms with E-state index in [1.54, 1.807) is 21.3 Å². The Bertz CT molecular complexity index is 843. The van der Waals surface area contributed by atoms with E-state index in [-0.39, 0.29) is 24.0 Å². The van der Waals surface area contributed by atoms with E-state index >= 15 is 0 Å². The monoisotopic (exact) mass is 541 g/mol. The summed E-state index contributed by atoms with van der Waals surface area (Å²) in [6, 6.07) is 9.78. The summed E-state index contributed by atoms with van der Waals surface area (Å²) in [5.74, 6) is 3.95. The Labute approximate surface area is 201 Å². The van der Waals surface area contributed by atoms with Gasteiger partial charge in [-0.2, -0.15) is 0 Å². The minimum atomic E-state index is 0. The molecule has 1 aromatic heterocycles. The highest BCUT2D eigenvalue weighted by Gasteiger charge is 2.20. The van der Waals surface area contributed by atoms with Crippen molar-refractivity contribution < 1.29 is 14.2 Å². The number of nitrogens with zero attached hydrogens (tertiary/aromatic N) is 4. The summed E-state index contributed by atoms with van der Waals surface area (Å²) in [5.41, 5.74) is 0.942. The number of rotatable bonds is 7. The number of guanidine groups is 1. The Morgan fingerprint density at radius 2 is 1.68 bits per heavy atom. The molecule has 0 unspecified atom stereocenters. The number of aliphatic imine (C=N–C) groups is 1. The van der Waals surface area contributed by atoms with Crippen molar-refractivity contribution in [2.24, 2.45) is 4.99 Å². The highest BCUT2D eigenvalue weighted by atomic mass is 127. The molecule has 1 N–H and O–H groups in total. The van der Waals surface area contributed by atoms with Crippen LogP contribution in [0.3, 0.4) is 0 Å². The lowest BCUT2D eigenvalue weighted by Gasteiger charge is -2.37. The van der Waals surface area contributed by atoms with E-state index in [1.807, 2.05) is 30.5 Å². The number of pyridine rings is 1. The van der Waals surface area contributed by atoms with Crippen molar-refractivity contribution in [3.8, 4) is 17.2 Å². The molecule has 170 valence electrons. The lowest BCUT2D eigenvalue weighted by atomic mass is 10.1. The van der Waals surface area contributed by atoms with E-state index < -0.39 is 0 Å². The van der Waals surface area contributed by atoms with Crippen molar-refractivity contribution in [3.05, 3.63) is 42.1 Å². The summed E-state index contributed by atoms with van der Waals surface area (Å²) in [5, 5.41) is 3.41. The van der Waals surface area contributed by atoms with Gasteiger partial charge in [-0.1, -0.05) is 6.07 Å². The van der Waals surface area contributed by atoms with Crippen molar-refractivity contribution in [1.82, 2.24) is 15.2 Å². The molecule has 0 radical (unpaired) electrons. The third-order valence-corrected chi connectivity index (χ3v) is 5.07. The number of ether oxygens (including phenoxy) is 3. The molecule has 31 heavy (non-hydrogen) atoms. The SMILES string of the molecule is CCNC(=NCc1cc(OC)c(OC)cc1OC)N1CCN(c2ccccn2)CC1.I. The Balaban J connectivity index is 0.00000341. The lowest BCUT2D eigenvalue weighted by molar-refractivity contribution is 0.347. The van der Waals surface area contributed by atoms with Gasteiger partial charge in [-0.05, 0) is 25.1 Å². The highest BCUT2D eigenvalue weighted by molar-refractivity contribution is 14.0. The van der Waals surface area contributed by atoms with Crippen LogP contribution in [-0.4, -0.2) is 69.9 Å². The molecule has 0 aliphatic carbocycles. The third-order valence-electron chi connectivity index (χ3n) is 5.07. The molecular weight excluding hydrogens is 509 g/mol. The van der Waals surface area contributed by atoms with E-state index in [1.165, 1.54) is 0 Å². The lowest BCUT2D eigenvalue weighted by Crippen LogP contribution is -2.52. The first-order chi connectivity index (χ1) is 14.7. The molecule has 0 bridgehead atoms. The zero-order valence-electron chi connectivity index (χ0n) is 18.6. The first-order valence-electron chi connectivity index (χ1n) is 10.2. The molecule has 0 amide bonds. The molecule has 1 aliphatic rings. The van der Waals surface area contributed by atoms with E-state index in [4.69, 9.17) is 19.2 Å². The molecule has 0 saturated carbocycles. The number of halogens is 1. The molecule has 0 spiro atoms. The van der Waals surface area contributed by atoms with Gasteiger partial charge < -0.3 is 29.3 Å². The fraction of sp³-hybridized carbons (Fsp3) is 0.455. The maximum atomic E-state index is 5.54. The van der Waals surface area contributed by atoms with E-state index in [0.717, 1.165) is 55.8 Å². The largest absolute Gasteiger partial charge is 0.496 e.